The summed E-state index contributed by atoms with van der Waals surface area (Å²) in [7, 11) is 0. The van der Waals surface area contributed by atoms with Crippen molar-refractivity contribution in [2.45, 2.75) is 38.0 Å². The number of halogens is 2. The molecule has 0 bridgehead atoms. The van der Waals surface area contributed by atoms with E-state index in [4.69, 9.17) is 4.74 Å². The Morgan fingerprint density at radius 1 is 0.846 bits per heavy atom. The summed E-state index contributed by atoms with van der Waals surface area (Å²) in [6.07, 6.45) is 4.26. The molecule has 2 aliphatic heterocycles. The minimum atomic E-state index is -0.375. The lowest BCUT2D eigenvalue weighted by molar-refractivity contribution is -0.120. The molecule has 0 aliphatic carbocycles. The van der Waals surface area contributed by atoms with Crippen LogP contribution >= 0.6 is 0 Å². The molecule has 0 radical (unpaired) electrons. The van der Waals surface area contributed by atoms with Crippen molar-refractivity contribution in [3.63, 3.8) is 0 Å². The predicted octanol–water partition coefficient (Wildman–Crippen LogP) is 6.18. The topological polar surface area (TPSA) is 49.9 Å². The van der Waals surface area contributed by atoms with Crippen LogP contribution in [-0.4, -0.2) is 49.6 Å². The maximum Gasteiger partial charge on any atom is 0.338 e. The number of hydrogen-bond donors (Lipinski definition) is 0. The number of esters is 1. The summed E-state index contributed by atoms with van der Waals surface area (Å²) in [6, 6.07) is 20.1. The second-order valence-corrected chi connectivity index (χ2v) is 10.5. The molecule has 1 atom stereocenters. The van der Waals surface area contributed by atoms with E-state index in [0.717, 1.165) is 56.3 Å². The average Bonchev–Trinajstić information content (AvgIpc) is 3.14. The highest BCUT2D eigenvalue weighted by molar-refractivity contribution is 5.96. The first-order valence-corrected chi connectivity index (χ1v) is 13.8. The van der Waals surface area contributed by atoms with Crippen LogP contribution in [0.1, 0.15) is 59.5 Å². The highest BCUT2D eigenvalue weighted by Crippen LogP contribution is 2.39. The number of nitrogens with zero attached hydrogens (tertiary/aromatic N) is 2. The van der Waals surface area contributed by atoms with Crippen LogP contribution in [0.15, 0.2) is 72.8 Å². The number of piperidine rings is 1. The average molecular weight is 533 g/mol. The highest BCUT2D eigenvalue weighted by Gasteiger charge is 2.30. The zero-order chi connectivity index (χ0) is 27.2. The van der Waals surface area contributed by atoms with Gasteiger partial charge in [-0.25, -0.2) is 13.6 Å². The van der Waals surface area contributed by atoms with Crippen LogP contribution in [0.2, 0.25) is 0 Å². The van der Waals surface area contributed by atoms with E-state index in [9.17, 15) is 18.4 Å². The van der Waals surface area contributed by atoms with Crippen molar-refractivity contribution in [3.8, 4) is 0 Å². The van der Waals surface area contributed by atoms with Gasteiger partial charge in [-0.2, -0.15) is 0 Å². The molecule has 3 aromatic rings. The Hall–Kier alpha value is -3.58. The lowest BCUT2D eigenvalue weighted by atomic mass is 9.87. The molecule has 204 valence electrons. The minimum absolute atomic E-state index is 0.0225. The lowest BCUT2D eigenvalue weighted by Crippen LogP contribution is -2.44. The third kappa shape index (κ3) is 6.71. The molecule has 5 rings (SSSR count). The van der Waals surface area contributed by atoms with Gasteiger partial charge in [-0.05, 0) is 98.6 Å². The quantitative estimate of drug-likeness (QED) is 0.341. The van der Waals surface area contributed by atoms with E-state index in [1.54, 1.807) is 35.2 Å². The van der Waals surface area contributed by atoms with E-state index in [1.807, 2.05) is 18.2 Å². The van der Waals surface area contributed by atoms with E-state index < -0.39 is 0 Å². The minimum Gasteiger partial charge on any atom is -0.462 e. The van der Waals surface area contributed by atoms with Gasteiger partial charge in [0.25, 0.3) is 0 Å². The van der Waals surface area contributed by atoms with Gasteiger partial charge in [-0.1, -0.05) is 36.4 Å². The molecule has 1 fully saturated rings. The first-order chi connectivity index (χ1) is 19.0. The van der Waals surface area contributed by atoms with Crippen molar-refractivity contribution in [1.29, 1.82) is 0 Å². The van der Waals surface area contributed by atoms with Crippen molar-refractivity contribution >= 4 is 17.6 Å². The predicted molar refractivity (Wildman–Crippen MR) is 147 cm³/mol. The number of carbonyl (C=O) groups excluding carboxylic acids is 2. The summed E-state index contributed by atoms with van der Waals surface area (Å²) in [5, 5.41) is 0. The summed E-state index contributed by atoms with van der Waals surface area (Å²) < 4.78 is 33.3. The number of anilines is 1. The zero-order valence-electron chi connectivity index (χ0n) is 22.0. The monoisotopic (exact) mass is 532 g/mol. The van der Waals surface area contributed by atoms with Crippen LogP contribution < -0.4 is 4.90 Å². The third-order valence-electron chi connectivity index (χ3n) is 7.94. The van der Waals surface area contributed by atoms with Gasteiger partial charge in [-0.3, -0.25) is 9.69 Å². The van der Waals surface area contributed by atoms with E-state index in [1.165, 1.54) is 24.3 Å². The first kappa shape index (κ1) is 27.0. The van der Waals surface area contributed by atoms with Crippen molar-refractivity contribution in [1.82, 2.24) is 4.90 Å². The molecule has 2 heterocycles. The van der Waals surface area contributed by atoms with Crippen LogP contribution in [0.4, 0.5) is 14.5 Å². The maximum absolute atomic E-state index is 14.4. The molecular formula is C32H34F2N2O3. The van der Waals surface area contributed by atoms with Gasteiger partial charge in [0.1, 0.15) is 11.6 Å². The number of likely N-dealkylation sites (tertiary alicyclic amines) is 1. The summed E-state index contributed by atoms with van der Waals surface area (Å²) >= 11 is 0. The number of benzene rings is 3. The third-order valence-corrected chi connectivity index (χ3v) is 7.94. The number of rotatable bonds is 7. The fraction of sp³-hybridized carbons (Fsp3) is 0.375. The number of hydrogen-bond acceptors (Lipinski definition) is 4. The summed E-state index contributed by atoms with van der Waals surface area (Å²) in [5.74, 6) is -0.568. The van der Waals surface area contributed by atoms with Crippen LogP contribution in [0.3, 0.4) is 0 Å². The Kier molecular flexibility index (Phi) is 8.67. The smallest absolute Gasteiger partial charge is 0.338 e. The van der Waals surface area contributed by atoms with Crippen molar-refractivity contribution in [2.24, 2.45) is 5.92 Å². The van der Waals surface area contributed by atoms with Gasteiger partial charge in [-0.15, -0.1) is 0 Å². The Morgan fingerprint density at radius 2 is 1.56 bits per heavy atom. The van der Waals surface area contributed by atoms with Gasteiger partial charge in [0.2, 0.25) is 5.91 Å². The number of ether oxygens (including phenoxy) is 1. The van der Waals surface area contributed by atoms with Crippen molar-refractivity contribution in [3.05, 3.63) is 101 Å². The Morgan fingerprint density at radius 3 is 2.31 bits per heavy atom. The van der Waals surface area contributed by atoms with Gasteiger partial charge >= 0.3 is 5.97 Å². The Labute approximate surface area is 228 Å². The second kappa shape index (κ2) is 12.5. The van der Waals surface area contributed by atoms with E-state index in [2.05, 4.69) is 4.90 Å². The molecule has 1 unspecified atom stereocenters. The second-order valence-electron chi connectivity index (χ2n) is 10.5. The molecule has 1 amide bonds. The molecular weight excluding hydrogens is 498 g/mol. The van der Waals surface area contributed by atoms with Gasteiger partial charge in [0, 0.05) is 12.5 Å². The Balaban J connectivity index is 1.16. The van der Waals surface area contributed by atoms with Crippen molar-refractivity contribution < 1.29 is 23.1 Å². The van der Waals surface area contributed by atoms with Gasteiger partial charge in [0.05, 0.1) is 24.4 Å². The molecule has 1 saturated heterocycles. The zero-order valence-corrected chi connectivity index (χ0v) is 22.0. The van der Waals surface area contributed by atoms with Crippen LogP contribution in [-0.2, 0) is 9.53 Å². The SMILES string of the molecule is O=C(OCCC1CCN(CC(=O)N2CCCC(c3ccc(F)cc3)c3ccc(F)cc32)CC1)c1ccccc1. The van der Waals surface area contributed by atoms with Gasteiger partial charge in [0.15, 0.2) is 0 Å². The normalized spacial score (nSPS) is 18.3. The van der Waals surface area contributed by atoms with E-state index in [-0.39, 0.29) is 36.0 Å². The molecule has 0 aromatic heterocycles. The Bertz CT molecular complexity index is 1270. The standard InChI is InChI=1S/C32H34F2N2O3/c33-26-10-8-24(9-11-26)28-7-4-17-36(30-21-27(34)12-13-29(28)30)31(37)22-35-18-14-23(15-19-35)16-20-39-32(38)25-5-2-1-3-6-25/h1-3,5-6,8-13,21,23,28H,4,7,14-20,22H2. The molecule has 0 N–H and O–H groups in total. The summed E-state index contributed by atoms with van der Waals surface area (Å²) in [5.41, 5.74) is 3.04. The first-order valence-electron chi connectivity index (χ1n) is 13.8. The van der Waals surface area contributed by atoms with Crippen LogP contribution in [0, 0.1) is 17.6 Å². The van der Waals surface area contributed by atoms with Crippen LogP contribution in [0.25, 0.3) is 0 Å². The molecule has 0 saturated carbocycles. The number of carbonyl (C=O) groups is 2. The molecule has 2 aliphatic rings. The van der Waals surface area contributed by atoms with Crippen molar-refractivity contribution in [2.75, 3.05) is 37.7 Å². The summed E-state index contributed by atoms with van der Waals surface area (Å²) in [6.45, 7) is 2.79. The highest BCUT2D eigenvalue weighted by atomic mass is 19.1. The van der Waals surface area contributed by atoms with E-state index in [0.29, 0.717) is 30.3 Å². The molecule has 39 heavy (non-hydrogen) atoms. The molecule has 7 heteroatoms. The lowest BCUT2D eigenvalue weighted by Gasteiger charge is -2.33. The fourth-order valence-electron chi connectivity index (χ4n) is 5.76. The molecule has 0 spiro atoms. The number of fused-ring (bicyclic) bond motifs is 1. The molecule has 3 aromatic carbocycles. The largest absolute Gasteiger partial charge is 0.462 e. The molecule has 5 nitrogen and oxygen atoms in total. The fourth-order valence-corrected chi connectivity index (χ4v) is 5.76. The van der Waals surface area contributed by atoms with Gasteiger partial charge < -0.3 is 9.64 Å². The van der Waals surface area contributed by atoms with Crippen LogP contribution in [0.5, 0.6) is 0 Å². The number of amides is 1. The van der Waals surface area contributed by atoms with E-state index >= 15 is 0 Å². The summed E-state index contributed by atoms with van der Waals surface area (Å²) in [4.78, 5) is 29.5. The maximum atomic E-state index is 14.4.